The molecular weight excluding hydrogens is 262 g/mol. The molecule has 2 aromatic carbocycles. The summed E-state index contributed by atoms with van der Waals surface area (Å²) in [5.74, 6) is -0.330. The molecule has 0 saturated heterocycles. The lowest BCUT2D eigenvalue weighted by Gasteiger charge is -2.07. The standard InChI is InChI=1S/C17H11N3O/c18-10-13-6-3-4-8-15(13)20-17(21)16-9-12-5-1-2-7-14(12)11-19-16/h1-9,11H,(H,20,21). The van der Waals surface area contributed by atoms with E-state index < -0.39 is 0 Å². The van der Waals surface area contributed by atoms with Crippen LogP contribution in [0.15, 0.2) is 60.8 Å². The molecule has 0 aliphatic heterocycles. The third kappa shape index (κ3) is 2.58. The van der Waals surface area contributed by atoms with Crippen LogP contribution >= 0.6 is 0 Å². The summed E-state index contributed by atoms with van der Waals surface area (Å²) in [4.78, 5) is 16.4. The van der Waals surface area contributed by atoms with Crippen LogP contribution in [-0.4, -0.2) is 10.9 Å². The van der Waals surface area contributed by atoms with Crippen molar-refractivity contribution < 1.29 is 4.79 Å². The van der Waals surface area contributed by atoms with Crippen LogP contribution in [0.4, 0.5) is 5.69 Å². The highest BCUT2D eigenvalue weighted by Crippen LogP contribution is 2.17. The first-order valence-corrected chi connectivity index (χ1v) is 6.43. The number of fused-ring (bicyclic) bond motifs is 1. The monoisotopic (exact) mass is 273 g/mol. The maximum atomic E-state index is 12.2. The molecule has 0 aliphatic rings. The van der Waals surface area contributed by atoms with Crippen molar-refractivity contribution in [3.8, 4) is 6.07 Å². The zero-order chi connectivity index (χ0) is 14.7. The Morgan fingerprint density at radius 1 is 1.05 bits per heavy atom. The van der Waals surface area contributed by atoms with Crippen LogP contribution in [0.25, 0.3) is 10.8 Å². The van der Waals surface area contributed by atoms with Gasteiger partial charge < -0.3 is 5.32 Å². The number of hydrogen-bond donors (Lipinski definition) is 1. The van der Waals surface area contributed by atoms with Crippen molar-refractivity contribution in [3.63, 3.8) is 0 Å². The fourth-order valence-corrected chi connectivity index (χ4v) is 2.08. The van der Waals surface area contributed by atoms with Gasteiger partial charge in [0.15, 0.2) is 0 Å². The van der Waals surface area contributed by atoms with E-state index in [0.29, 0.717) is 16.9 Å². The highest BCUT2D eigenvalue weighted by Gasteiger charge is 2.10. The summed E-state index contributed by atoms with van der Waals surface area (Å²) in [7, 11) is 0. The second-order valence-electron chi connectivity index (χ2n) is 4.53. The van der Waals surface area contributed by atoms with Gasteiger partial charge in [0.05, 0.1) is 11.3 Å². The number of hydrogen-bond acceptors (Lipinski definition) is 3. The van der Waals surface area contributed by atoms with E-state index in [1.165, 1.54) is 0 Å². The minimum Gasteiger partial charge on any atom is -0.319 e. The van der Waals surface area contributed by atoms with Crippen molar-refractivity contribution in [2.75, 3.05) is 5.32 Å². The molecule has 4 nitrogen and oxygen atoms in total. The number of pyridine rings is 1. The Kier molecular flexibility index (Phi) is 3.32. The van der Waals surface area contributed by atoms with E-state index >= 15 is 0 Å². The lowest BCUT2D eigenvalue weighted by molar-refractivity contribution is 0.102. The fourth-order valence-electron chi connectivity index (χ4n) is 2.08. The topological polar surface area (TPSA) is 65.8 Å². The van der Waals surface area contributed by atoms with E-state index in [2.05, 4.69) is 10.3 Å². The van der Waals surface area contributed by atoms with Crippen molar-refractivity contribution in [2.24, 2.45) is 0 Å². The molecule has 1 aromatic heterocycles. The summed E-state index contributed by atoms with van der Waals surface area (Å²) in [6.45, 7) is 0. The number of nitriles is 1. The summed E-state index contributed by atoms with van der Waals surface area (Å²) in [5, 5.41) is 13.7. The van der Waals surface area contributed by atoms with Gasteiger partial charge in [-0.05, 0) is 23.6 Å². The number of nitrogens with zero attached hydrogens (tertiary/aromatic N) is 2. The normalized spacial score (nSPS) is 10.0. The number of carbonyl (C=O) groups excluding carboxylic acids is 1. The number of anilines is 1. The largest absolute Gasteiger partial charge is 0.319 e. The molecule has 0 atom stereocenters. The van der Waals surface area contributed by atoms with Crippen LogP contribution in [0.2, 0.25) is 0 Å². The van der Waals surface area contributed by atoms with Crippen molar-refractivity contribution >= 4 is 22.4 Å². The van der Waals surface area contributed by atoms with Gasteiger partial charge in [-0.2, -0.15) is 5.26 Å². The van der Waals surface area contributed by atoms with E-state index in [4.69, 9.17) is 5.26 Å². The highest BCUT2D eigenvalue weighted by molar-refractivity contribution is 6.05. The molecule has 3 rings (SSSR count). The van der Waals surface area contributed by atoms with E-state index in [0.717, 1.165) is 10.8 Å². The zero-order valence-electron chi connectivity index (χ0n) is 11.1. The minimum absolute atomic E-state index is 0.321. The molecule has 0 fully saturated rings. The van der Waals surface area contributed by atoms with Crippen LogP contribution < -0.4 is 5.32 Å². The number of nitrogens with one attached hydrogen (secondary N) is 1. The first-order valence-electron chi connectivity index (χ1n) is 6.43. The van der Waals surface area contributed by atoms with Gasteiger partial charge in [0.25, 0.3) is 5.91 Å². The van der Waals surface area contributed by atoms with Crippen LogP contribution in [-0.2, 0) is 0 Å². The van der Waals surface area contributed by atoms with Crippen LogP contribution in [0, 0.1) is 11.3 Å². The molecule has 0 radical (unpaired) electrons. The first-order chi connectivity index (χ1) is 10.3. The molecule has 1 N–H and O–H groups in total. The maximum absolute atomic E-state index is 12.2. The van der Waals surface area contributed by atoms with Gasteiger partial charge in [-0.25, -0.2) is 0 Å². The van der Waals surface area contributed by atoms with Crippen LogP contribution in [0.5, 0.6) is 0 Å². The van der Waals surface area contributed by atoms with Gasteiger partial charge in [0, 0.05) is 11.6 Å². The van der Waals surface area contributed by atoms with Gasteiger partial charge in [-0.1, -0.05) is 36.4 Å². The van der Waals surface area contributed by atoms with E-state index in [1.54, 1.807) is 36.5 Å². The Hall–Kier alpha value is -3.19. The van der Waals surface area contributed by atoms with Crippen molar-refractivity contribution in [1.29, 1.82) is 5.26 Å². The Labute approximate surface area is 121 Å². The maximum Gasteiger partial charge on any atom is 0.274 e. The number of para-hydroxylation sites is 1. The van der Waals surface area contributed by atoms with Crippen LogP contribution in [0.1, 0.15) is 16.1 Å². The summed E-state index contributed by atoms with van der Waals surface area (Å²) >= 11 is 0. The first kappa shape index (κ1) is 12.8. The summed E-state index contributed by atoms with van der Waals surface area (Å²) in [6.07, 6.45) is 1.67. The van der Waals surface area contributed by atoms with Gasteiger partial charge in [0.2, 0.25) is 0 Å². The Morgan fingerprint density at radius 3 is 2.57 bits per heavy atom. The molecule has 1 heterocycles. The molecular formula is C17H11N3O. The molecule has 0 bridgehead atoms. The van der Waals surface area contributed by atoms with Crippen molar-refractivity contribution in [1.82, 2.24) is 4.98 Å². The van der Waals surface area contributed by atoms with E-state index in [-0.39, 0.29) is 5.91 Å². The fraction of sp³-hybridized carbons (Fsp3) is 0. The molecule has 3 aromatic rings. The van der Waals surface area contributed by atoms with Gasteiger partial charge >= 0.3 is 0 Å². The Morgan fingerprint density at radius 2 is 1.76 bits per heavy atom. The molecule has 0 aliphatic carbocycles. The van der Waals surface area contributed by atoms with E-state index in [1.807, 2.05) is 30.3 Å². The average molecular weight is 273 g/mol. The number of aromatic nitrogens is 1. The van der Waals surface area contributed by atoms with Crippen molar-refractivity contribution in [3.05, 3.63) is 72.1 Å². The molecule has 0 saturated carbocycles. The lowest BCUT2D eigenvalue weighted by atomic mass is 10.1. The lowest BCUT2D eigenvalue weighted by Crippen LogP contribution is -2.14. The Bertz CT molecular complexity index is 865. The van der Waals surface area contributed by atoms with Gasteiger partial charge in [-0.3, -0.25) is 9.78 Å². The number of rotatable bonds is 2. The predicted octanol–water partition coefficient (Wildman–Crippen LogP) is 3.36. The second-order valence-corrected chi connectivity index (χ2v) is 4.53. The molecule has 21 heavy (non-hydrogen) atoms. The minimum atomic E-state index is -0.330. The third-order valence-corrected chi connectivity index (χ3v) is 3.16. The number of carbonyl (C=O) groups is 1. The Balaban J connectivity index is 1.92. The summed E-state index contributed by atoms with van der Waals surface area (Å²) < 4.78 is 0. The second kappa shape index (κ2) is 5.43. The molecule has 0 spiro atoms. The van der Waals surface area contributed by atoms with Gasteiger partial charge in [-0.15, -0.1) is 0 Å². The smallest absolute Gasteiger partial charge is 0.274 e. The van der Waals surface area contributed by atoms with Gasteiger partial charge in [0.1, 0.15) is 11.8 Å². The quantitative estimate of drug-likeness (QED) is 0.778. The molecule has 0 unspecified atom stereocenters. The number of benzene rings is 2. The SMILES string of the molecule is N#Cc1ccccc1NC(=O)c1cc2ccccc2cn1. The summed E-state index contributed by atoms with van der Waals surface area (Å²) in [5.41, 5.74) is 1.23. The third-order valence-electron chi connectivity index (χ3n) is 3.16. The molecule has 1 amide bonds. The average Bonchev–Trinajstić information content (AvgIpc) is 2.55. The highest BCUT2D eigenvalue weighted by atomic mass is 16.1. The predicted molar refractivity (Wildman–Crippen MR) is 80.9 cm³/mol. The van der Waals surface area contributed by atoms with Crippen molar-refractivity contribution in [2.45, 2.75) is 0 Å². The summed E-state index contributed by atoms with van der Waals surface area (Å²) in [6, 6.07) is 18.4. The van der Waals surface area contributed by atoms with Crippen LogP contribution in [0.3, 0.4) is 0 Å². The van der Waals surface area contributed by atoms with E-state index in [9.17, 15) is 4.79 Å². The zero-order valence-corrected chi connectivity index (χ0v) is 11.1. The number of amides is 1. The molecule has 4 heteroatoms. The molecule has 100 valence electrons.